The van der Waals surface area contributed by atoms with E-state index in [1.807, 2.05) is 12.1 Å². The van der Waals surface area contributed by atoms with Crippen LogP contribution in [-0.4, -0.2) is 11.1 Å². The van der Waals surface area contributed by atoms with Crippen LogP contribution in [0.2, 0.25) is 0 Å². The Bertz CT molecular complexity index is 541. The molecule has 0 spiro atoms. The third-order valence-corrected chi connectivity index (χ3v) is 2.78. The first-order chi connectivity index (χ1) is 9.19. The van der Waals surface area contributed by atoms with Gasteiger partial charge >= 0.3 is 5.97 Å². The fourth-order valence-electron chi connectivity index (χ4n) is 1.78. The SMILES string of the molecule is CCCc1ccc(C(=O)Oc2ccc(O)cc2)cc1. The number of carbonyl (C=O) groups is 1. The molecule has 0 aliphatic carbocycles. The molecule has 0 radical (unpaired) electrons. The maximum absolute atomic E-state index is 11.9. The summed E-state index contributed by atoms with van der Waals surface area (Å²) in [5.74, 6) is 0.165. The highest BCUT2D eigenvalue weighted by Crippen LogP contribution is 2.17. The molecular formula is C16H16O3. The van der Waals surface area contributed by atoms with Crippen LogP contribution in [-0.2, 0) is 6.42 Å². The lowest BCUT2D eigenvalue weighted by Gasteiger charge is -2.05. The number of aryl methyl sites for hydroxylation is 1. The first-order valence-corrected chi connectivity index (χ1v) is 6.29. The summed E-state index contributed by atoms with van der Waals surface area (Å²) in [6, 6.07) is 13.5. The Kier molecular flexibility index (Phi) is 4.18. The van der Waals surface area contributed by atoms with E-state index in [1.165, 1.54) is 17.7 Å². The molecule has 0 atom stereocenters. The van der Waals surface area contributed by atoms with E-state index in [0.717, 1.165) is 12.8 Å². The lowest BCUT2D eigenvalue weighted by atomic mass is 10.1. The normalized spacial score (nSPS) is 10.2. The summed E-state index contributed by atoms with van der Waals surface area (Å²) >= 11 is 0. The van der Waals surface area contributed by atoms with Gasteiger partial charge in [0.15, 0.2) is 0 Å². The highest BCUT2D eigenvalue weighted by Gasteiger charge is 2.08. The minimum atomic E-state index is -0.395. The van der Waals surface area contributed by atoms with Crippen LogP contribution in [0.15, 0.2) is 48.5 Å². The predicted octanol–water partition coefficient (Wildman–Crippen LogP) is 3.56. The number of benzene rings is 2. The minimum Gasteiger partial charge on any atom is -0.508 e. The maximum atomic E-state index is 11.9. The van der Waals surface area contributed by atoms with Gasteiger partial charge in [-0.25, -0.2) is 4.79 Å². The summed E-state index contributed by atoms with van der Waals surface area (Å²) in [6.45, 7) is 2.12. The zero-order valence-electron chi connectivity index (χ0n) is 10.8. The summed E-state index contributed by atoms with van der Waals surface area (Å²) in [5, 5.41) is 9.15. The first-order valence-electron chi connectivity index (χ1n) is 6.29. The lowest BCUT2D eigenvalue weighted by molar-refractivity contribution is 0.0734. The van der Waals surface area contributed by atoms with Crippen molar-refractivity contribution in [3.8, 4) is 11.5 Å². The number of hydrogen-bond acceptors (Lipinski definition) is 3. The van der Waals surface area contributed by atoms with Gasteiger partial charge in [0.1, 0.15) is 11.5 Å². The number of aromatic hydroxyl groups is 1. The molecule has 0 heterocycles. The van der Waals surface area contributed by atoms with Crippen molar-refractivity contribution in [3.05, 3.63) is 59.7 Å². The standard InChI is InChI=1S/C16H16O3/c1-2-3-12-4-6-13(7-5-12)16(18)19-15-10-8-14(17)9-11-15/h4-11,17H,2-3H2,1H3. The van der Waals surface area contributed by atoms with Crippen LogP contribution < -0.4 is 4.74 Å². The van der Waals surface area contributed by atoms with Crippen molar-refractivity contribution in [2.45, 2.75) is 19.8 Å². The number of esters is 1. The van der Waals surface area contributed by atoms with Crippen molar-refractivity contribution in [2.24, 2.45) is 0 Å². The van der Waals surface area contributed by atoms with Crippen molar-refractivity contribution in [2.75, 3.05) is 0 Å². The van der Waals surface area contributed by atoms with Gasteiger partial charge < -0.3 is 9.84 Å². The fraction of sp³-hybridized carbons (Fsp3) is 0.188. The van der Waals surface area contributed by atoms with Gasteiger partial charge in [0, 0.05) is 0 Å². The third-order valence-electron chi connectivity index (χ3n) is 2.78. The van der Waals surface area contributed by atoms with Crippen LogP contribution in [0.1, 0.15) is 29.3 Å². The molecule has 0 unspecified atom stereocenters. The molecule has 0 saturated heterocycles. The second kappa shape index (κ2) is 6.05. The monoisotopic (exact) mass is 256 g/mol. The predicted molar refractivity (Wildman–Crippen MR) is 73.5 cm³/mol. The molecule has 2 rings (SSSR count). The summed E-state index contributed by atoms with van der Waals surface area (Å²) in [4.78, 5) is 11.9. The average molecular weight is 256 g/mol. The quantitative estimate of drug-likeness (QED) is 0.672. The summed E-state index contributed by atoms with van der Waals surface area (Å²) < 4.78 is 5.21. The summed E-state index contributed by atoms with van der Waals surface area (Å²) in [6.07, 6.45) is 2.09. The molecule has 0 bridgehead atoms. The van der Waals surface area contributed by atoms with Crippen LogP contribution in [0.3, 0.4) is 0 Å². The van der Waals surface area contributed by atoms with Crippen LogP contribution in [0.25, 0.3) is 0 Å². The van der Waals surface area contributed by atoms with E-state index in [1.54, 1.807) is 24.3 Å². The average Bonchev–Trinajstić information content (AvgIpc) is 2.42. The van der Waals surface area contributed by atoms with Crippen molar-refractivity contribution in [1.29, 1.82) is 0 Å². The van der Waals surface area contributed by atoms with Gasteiger partial charge in [0.25, 0.3) is 0 Å². The highest BCUT2D eigenvalue weighted by atomic mass is 16.5. The van der Waals surface area contributed by atoms with Gasteiger partial charge in [-0.05, 0) is 48.4 Å². The molecule has 0 amide bonds. The molecule has 0 aliphatic rings. The lowest BCUT2D eigenvalue weighted by Crippen LogP contribution is -2.08. The summed E-state index contributed by atoms with van der Waals surface area (Å²) in [7, 11) is 0. The minimum absolute atomic E-state index is 0.142. The maximum Gasteiger partial charge on any atom is 0.343 e. The van der Waals surface area contributed by atoms with Crippen LogP contribution in [0, 0.1) is 0 Å². The molecule has 19 heavy (non-hydrogen) atoms. The molecule has 1 N–H and O–H groups in total. The number of phenols is 1. The molecule has 0 saturated carbocycles. The zero-order chi connectivity index (χ0) is 13.7. The number of carbonyl (C=O) groups excluding carboxylic acids is 1. The number of phenolic OH excluding ortho intramolecular Hbond substituents is 1. The van der Waals surface area contributed by atoms with Gasteiger partial charge in [0.05, 0.1) is 5.56 Å². The van der Waals surface area contributed by atoms with Crippen molar-refractivity contribution < 1.29 is 14.6 Å². The van der Waals surface area contributed by atoms with Gasteiger partial charge in [-0.3, -0.25) is 0 Å². The van der Waals surface area contributed by atoms with E-state index in [-0.39, 0.29) is 5.75 Å². The van der Waals surface area contributed by atoms with Crippen LogP contribution >= 0.6 is 0 Å². The van der Waals surface area contributed by atoms with Crippen molar-refractivity contribution in [1.82, 2.24) is 0 Å². The highest BCUT2D eigenvalue weighted by molar-refractivity contribution is 5.91. The Morgan fingerprint density at radius 2 is 1.68 bits per heavy atom. The Morgan fingerprint density at radius 3 is 2.26 bits per heavy atom. The van der Waals surface area contributed by atoms with E-state index >= 15 is 0 Å². The van der Waals surface area contributed by atoms with Crippen LogP contribution in [0.4, 0.5) is 0 Å². The molecule has 3 heteroatoms. The molecule has 3 nitrogen and oxygen atoms in total. The Hall–Kier alpha value is -2.29. The van der Waals surface area contributed by atoms with Crippen LogP contribution in [0.5, 0.6) is 11.5 Å². The van der Waals surface area contributed by atoms with E-state index in [9.17, 15) is 4.79 Å². The zero-order valence-corrected chi connectivity index (χ0v) is 10.8. The second-order valence-electron chi connectivity index (χ2n) is 4.33. The van der Waals surface area contributed by atoms with Gasteiger partial charge in [0.2, 0.25) is 0 Å². The van der Waals surface area contributed by atoms with E-state index in [0.29, 0.717) is 11.3 Å². The molecular weight excluding hydrogens is 240 g/mol. The molecule has 2 aromatic carbocycles. The first kappa shape index (κ1) is 13.1. The van der Waals surface area contributed by atoms with Crippen molar-refractivity contribution in [3.63, 3.8) is 0 Å². The second-order valence-corrected chi connectivity index (χ2v) is 4.33. The van der Waals surface area contributed by atoms with Gasteiger partial charge in [-0.2, -0.15) is 0 Å². The van der Waals surface area contributed by atoms with E-state index < -0.39 is 5.97 Å². The number of hydrogen-bond donors (Lipinski definition) is 1. The fourth-order valence-corrected chi connectivity index (χ4v) is 1.78. The molecule has 0 fully saturated rings. The molecule has 0 aromatic heterocycles. The smallest absolute Gasteiger partial charge is 0.343 e. The largest absolute Gasteiger partial charge is 0.508 e. The van der Waals surface area contributed by atoms with Gasteiger partial charge in [-0.15, -0.1) is 0 Å². The van der Waals surface area contributed by atoms with E-state index in [2.05, 4.69) is 6.92 Å². The summed E-state index contributed by atoms with van der Waals surface area (Å²) in [5.41, 5.74) is 1.73. The molecule has 98 valence electrons. The molecule has 0 aliphatic heterocycles. The van der Waals surface area contributed by atoms with E-state index in [4.69, 9.17) is 9.84 Å². The molecule has 2 aromatic rings. The topological polar surface area (TPSA) is 46.5 Å². The third kappa shape index (κ3) is 3.58. The number of ether oxygens (including phenoxy) is 1. The Balaban J connectivity index is 2.05. The van der Waals surface area contributed by atoms with Gasteiger partial charge in [-0.1, -0.05) is 25.5 Å². The number of rotatable bonds is 4. The Labute approximate surface area is 112 Å². The van der Waals surface area contributed by atoms with Crippen molar-refractivity contribution >= 4 is 5.97 Å². The Morgan fingerprint density at radius 1 is 1.05 bits per heavy atom.